The molecule has 6 nitrogen and oxygen atoms in total. The molecule has 2 aromatic rings. The van der Waals surface area contributed by atoms with E-state index in [1.807, 2.05) is 13.0 Å². The standard InChI is InChI=1S/C15H20N4O2/c1-10-3-5-15(6-4-10,14(20)21)17-13-12-9-11(2)18-19(12)8-7-16-13/h7-10H,3-6H2,1-2H3,(H,16,17)(H,20,21). The summed E-state index contributed by atoms with van der Waals surface area (Å²) >= 11 is 0. The summed E-state index contributed by atoms with van der Waals surface area (Å²) in [6.07, 6.45) is 6.49. The van der Waals surface area contributed by atoms with E-state index in [-0.39, 0.29) is 0 Å². The lowest BCUT2D eigenvalue weighted by molar-refractivity contribution is -0.143. The zero-order chi connectivity index (χ0) is 15.0. The number of rotatable bonds is 3. The molecule has 112 valence electrons. The largest absolute Gasteiger partial charge is 0.480 e. The number of nitrogens with zero attached hydrogens (tertiary/aromatic N) is 3. The number of fused-ring (bicyclic) bond motifs is 1. The Hall–Kier alpha value is -2.11. The summed E-state index contributed by atoms with van der Waals surface area (Å²) < 4.78 is 1.73. The zero-order valence-corrected chi connectivity index (χ0v) is 12.3. The van der Waals surface area contributed by atoms with Gasteiger partial charge in [-0.3, -0.25) is 0 Å². The molecule has 0 bridgehead atoms. The molecule has 0 amide bonds. The summed E-state index contributed by atoms with van der Waals surface area (Å²) in [5.41, 5.74) is 0.779. The van der Waals surface area contributed by atoms with Gasteiger partial charge >= 0.3 is 5.97 Å². The van der Waals surface area contributed by atoms with Gasteiger partial charge in [0.15, 0.2) is 5.82 Å². The molecule has 0 aliphatic heterocycles. The zero-order valence-electron chi connectivity index (χ0n) is 12.3. The van der Waals surface area contributed by atoms with Crippen LogP contribution >= 0.6 is 0 Å². The molecule has 0 unspecified atom stereocenters. The minimum atomic E-state index is -0.917. The predicted octanol–water partition coefficient (Wildman–Crippen LogP) is 2.48. The minimum absolute atomic E-state index is 0.584. The van der Waals surface area contributed by atoms with Crippen LogP contribution in [0, 0.1) is 12.8 Å². The maximum absolute atomic E-state index is 11.8. The third-order valence-corrected chi connectivity index (χ3v) is 4.41. The van der Waals surface area contributed by atoms with Gasteiger partial charge in [0.05, 0.1) is 5.69 Å². The topological polar surface area (TPSA) is 79.5 Å². The first-order valence-corrected chi connectivity index (χ1v) is 7.33. The molecule has 1 saturated carbocycles. The van der Waals surface area contributed by atoms with Crippen LogP contribution in [0.25, 0.3) is 5.52 Å². The number of hydrogen-bond acceptors (Lipinski definition) is 4. The summed E-state index contributed by atoms with van der Waals surface area (Å²) in [5, 5.41) is 17.2. The van der Waals surface area contributed by atoms with Crippen LogP contribution in [0.2, 0.25) is 0 Å². The van der Waals surface area contributed by atoms with Crippen molar-refractivity contribution in [3.8, 4) is 0 Å². The molecule has 0 spiro atoms. The first kappa shape index (κ1) is 13.9. The Morgan fingerprint density at radius 3 is 2.86 bits per heavy atom. The van der Waals surface area contributed by atoms with E-state index in [0.29, 0.717) is 24.6 Å². The van der Waals surface area contributed by atoms with Gasteiger partial charge in [-0.05, 0) is 44.6 Å². The van der Waals surface area contributed by atoms with E-state index in [0.717, 1.165) is 24.1 Å². The summed E-state index contributed by atoms with van der Waals surface area (Å²) in [6, 6.07) is 1.91. The molecule has 0 aromatic carbocycles. The van der Waals surface area contributed by atoms with E-state index in [9.17, 15) is 9.90 Å². The van der Waals surface area contributed by atoms with Gasteiger partial charge in [-0.1, -0.05) is 6.92 Å². The highest BCUT2D eigenvalue weighted by molar-refractivity contribution is 5.84. The Kier molecular flexibility index (Phi) is 3.31. The Bertz CT molecular complexity index is 671. The van der Waals surface area contributed by atoms with E-state index in [4.69, 9.17) is 0 Å². The van der Waals surface area contributed by atoms with Crippen LogP contribution in [0.1, 0.15) is 38.3 Å². The monoisotopic (exact) mass is 288 g/mol. The van der Waals surface area contributed by atoms with Crippen LogP contribution in [0.4, 0.5) is 5.82 Å². The summed E-state index contributed by atoms with van der Waals surface area (Å²) in [4.78, 5) is 16.1. The molecule has 2 heterocycles. The number of carboxylic acid groups (broad SMARTS) is 1. The fourth-order valence-electron chi connectivity index (χ4n) is 3.01. The van der Waals surface area contributed by atoms with Crippen molar-refractivity contribution >= 4 is 17.3 Å². The number of aromatic nitrogens is 3. The number of anilines is 1. The second kappa shape index (κ2) is 5.02. The van der Waals surface area contributed by atoms with Crippen molar-refractivity contribution < 1.29 is 9.90 Å². The van der Waals surface area contributed by atoms with Gasteiger partial charge in [0.1, 0.15) is 11.1 Å². The van der Waals surface area contributed by atoms with Crippen molar-refractivity contribution in [1.82, 2.24) is 14.6 Å². The molecule has 0 saturated heterocycles. The van der Waals surface area contributed by atoms with E-state index in [1.54, 1.807) is 16.9 Å². The molecule has 2 aromatic heterocycles. The van der Waals surface area contributed by atoms with Crippen molar-refractivity contribution in [2.24, 2.45) is 5.92 Å². The average Bonchev–Trinajstić information content (AvgIpc) is 2.83. The van der Waals surface area contributed by atoms with Crippen molar-refractivity contribution in [1.29, 1.82) is 0 Å². The number of nitrogens with one attached hydrogen (secondary N) is 1. The SMILES string of the molecule is Cc1cc2c(NC3(C(=O)O)CCC(C)CC3)nccn2n1. The third-order valence-electron chi connectivity index (χ3n) is 4.41. The molecule has 21 heavy (non-hydrogen) atoms. The average molecular weight is 288 g/mol. The van der Waals surface area contributed by atoms with Crippen LogP contribution in [0.3, 0.4) is 0 Å². The highest BCUT2D eigenvalue weighted by atomic mass is 16.4. The number of carbonyl (C=O) groups is 1. The molecule has 1 fully saturated rings. The lowest BCUT2D eigenvalue weighted by Crippen LogP contribution is -2.49. The van der Waals surface area contributed by atoms with E-state index in [1.165, 1.54) is 0 Å². The van der Waals surface area contributed by atoms with Crippen molar-refractivity contribution in [3.05, 3.63) is 24.2 Å². The van der Waals surface area contributed by atoms with E-state index < -0.39 is 11.5 Å². The van der Waals surface area contributed by atoms with Crippen LogP contribution in [-0.4, -0.2) is 31.2 Å². The molecular weight excluding hydrogens is 268 g/mol. The molecular formula is C15H20N4O2. The van der Waals surface area contributed by atoms with Crippen LogP contribution in [0.5, 0.6) is 0 Å². The number of hydrogen-bond donors (Lipinski definition) is 2. The predicted molar refractivity (Wildman–Crippen MR) is 79.3 cm³/mol. The maximum atomic E-state index is 11.8. The van der Waals surface area contributed by atoms with Gasteiger partial charge < -0.3 is 10.4 Å². The first-order chi connectivity index (χ1) is 10.00. The lowest BCUT2D eigenvalue weighted by atomic mass is 9.77. The molecule has 1 aliphatic rings. The number of aliphatic carboxylic acids is 1. The Morgan fingerprint density at radius 1 is 1.48 bits per heavy atom. The third kappa shape index (κ3) is 2.46. The fourth-order valence-corrected chi connectivity index (χ4v) is 3.01. The summed E-state index contributed by atoms with van der Waals surface area (Å²) in [7, 11) is 0. The first-order valence-electron chi connectivity index (χ1n) is 7.33. The number of carboxylic acids is 1. The molecule has 0 atom stereocenters. The van der Waals surface area contributed by atoms with Crippen LogP contribution < -0.4 is 5.32 Å². The van der Waals surface area contributed by atoms with Gasteiger partial charge in [0.2, 0.25) is 0 Å². The minimum Gasteiger partial charge on any atom is -0.480 e. The Labute approximate surface area is 123 Å². The summed E-state index contributed by atoms with van der Waals surface area (Å²) in [5.74, 6) is 0.379. The van der Waals surface area contributed by atoms with Gasteiger partial charge in [-0.25, -0.2) is 14.3 Å². The molecule has 1 aliphatic carbocycles. The normalized spacial score (nSPS) is 25.9. The van der Waals surface area contributed by atoms with Gasteiger partial charge in [0, 0.05) is 12.4 Å². The van der Waals surface area contributed by atoms with Gasteiger partial charge in [-0.15, -0.1) is 0 Å². The number of aryl methyl sites for hydroxylation is 1. The summed E-state index contributed by atoms with van der Waals surface area (Å²) in [6.45, 7) is 4.08. The molecule has 6 heteroatoms. The maximum Gasteiger partial charge on any atom is 0.329 e. The Morgan fingerprint density at radius 2 is 2.19 bits per heavy atom. The van der Waals surface area contributed by atoms with Crippen LogP contribution in [0.15, 0.2) is 18.5 Å². The molecule has 3 rings (SSSR count). The van der Waals surface area contributed by atoms with Crippen molar-refractivity contribution in [2.45, 2.75) is 45.1 Å². The van der Waals surface area contributed by atoms with Gasteiger partial charge in [0.25, 0.3) is 0 Å². The second-order valence-electron chi connectivity index (χ2n) is 6.09. The second-order valence-corrected chi connectivity index (χ2v) is 6.09. The van der Waals surface area contributed by atoms with Gasteiger partial charge in [-0.2, -0.15) is 5.10 Å². The smallest absolute Gasteiger partial charge is 0.329 e. The van der Waals surface area contributed by atoms with Crippen molar-refractivity contribution in [2.75, 3.05) is 5.32 Å². The molecule has 2 N–H and O–H groups in total. The lowest BCUT2D eigenvalue weighted by Gasteiger charge is -2.36. The fraction of sp³-hybridized carbons (Fsp3) is 0.533. The van der Waals surface area contributed by atoms with E-state index in [2.05, 4.69) is 22.3 Å². The van der Waals surface area contributed by atoms with Crippen LogP contribution in [-0.2, 0) is 4.79 Å². The Balaban J connectivity index is 1.97. The highest BCUT2D eigenvalue weighted by Gasteiger charge is 2.41. The van der Waals surface area contributed by atoms with Crippen molar-refractivity contribution in [3.63, 3.8) is 0 Å². The quantitative estimate of drug-likeness (QED) is 0.907. The highest BCUT2D eigenvalue weighted by Crippen LogP contribution is 2.35. The molecule has 0 radical (unpaired) electrons. The van der Waals surface area contributed by atoms with E-state index >= 15 is 0 Å².